The minimum atomic E-state index is -0.738. The van der Waals surface area contributed by atoms with E-state index in [1.165, 1.54) is 4.90 Å². The van der Waals surface area contributed by atoms with E-state index in [9.17, 15) is 19.8 Å². The minimum Gasteiger partial charge on any atom is -0.394 e. The van der Waals surface area contributed by atoms with Crippen LogP contribution in [0, 0.1) is 12.3 Å². The Kier molecular flexibility index (Phi) is 7.13. The Labute approximate surface area is 187 Å². The molecule has 1 aromatic heterocycles. The van der Waals surface area contributed by atoms with E-state index in [0.717, 1.165) is 21.7 Å². The van der Waals surface area contributed by atoms with Gasteiger partial charge in [-0.3, -0.25) is 9.59 Å². The molecule has 0 aliphatic carbocycles. The van der Waals surface area contributed by atoms with Crippen molar-refractivity contribution in [1.82, 2.24) is 15.2 Å². The van der Waals surface area contributed by atoms with Crippen LogP contribution in [0.3, 0.4) is 0 Å². The van der Waals surface area contributed by atoms with Crippen molar-refractivity contribution in [1.29, 1.82) is 0 Å². The Morgan fingerprint density at radius 2 is 1.97 bits per heavy atom. The quantitative estimate of drug-likeness (QED) is 0.634. The Bertz CT molecular complexity index is 920. The Hall–Kier alpha value is -2.29. The fraction of sp³-hybridized carbons (Fsp3) is 0.522. The highest BCUT2D eigenvalue weighted by Crippen LogP contribution is 2.29. The summed E-state index contributed by atoms with van der Waals surface area (Å²) in [6, 6.07) is 6.31. The first-order valence-electron chi connectivity index (χ1n) is 10.5. The number of nitrogens with one attached hydrogen (secondary N) is 1. The van der Waals surface area contributed by atoms with Crippen LogP contribution < -0.4 is 5.32 Å². The third-order valence-corrected chi connectivity index (χ3v) is 6.38. The second-order valence-electron chi connectivity index (χ2n) is 9.32. The van der Waals surface area contributed by atoms with Gasteiger partial charge in [0, 0.05) is 19.4 Å². The van der Waals surface area contributed by atoms with E-state index >= 15 is 0 Å². The molecule has 2 heterocycles. The number of carbonyl (C=O) groups is 2. The van der Waals surface area contributed by atoms with E-state index in [-0.39, 0.29) is 36.8 Å². The van der Waals surface area contributed by atoms with E-state index in [2.05, 4.69) is 10.3 Å². The second-order valence-corrected chi connectivity index (χ2v) is 10.2. The molecule has 1 aliphatic rings. The summed E-state index contributed by atoms with van der Waals surface area (Å²) in [4.78, 5) is 32.5. The zero-order chi connectivity index (χ0) is 22.8. The number of carbonyl (C=O) groups excluding carboxylic acids is 2. The van der Waals surface area contributed by atoms with Crippen LogP contribution in [0.4, 0.5) is 0 Å². The molecular weight excluding hydrogens is 414 g/mol. The van der Waals surface area contributed by atoms with Crippen LogP contribution >= 0.6 is 11.3 Å². The number of hydrogen-bond donors (Lipinski definition) is 3. The van der Waals surface area contributed by atoms with Crippen molar-refractivity contribution in [3.8, 4) is 10.4 Å². The molecule has 7 nitrogen and oxygen atoms in total. The summed E-state index contributed by atoms with van der Waals surface area (Å²) in [5.41, 5.74) is 4.36. The largest absolute Gasteiger partial charge is 0.394 e. The van der Waals surface area contributed by atoms with Crippen LogP contribution in [0.2, 0.25) is 0 Å². The van der Waals surface area contributed by atoms with Crippen LogP contribution in [0.15, 0.2) is 29.8 Å². The highest BCUT2D eigenvalue weighted by molar-refractivity contribution is 7.13. The third-order valence-electron chi connectivity index (χ3n) is 5.40. The van der Waals surface area contributed by atoms with Gasteiger partial charge in [0.15, 0.2) is 0 Å². The fourth-order valence-corrected chi connectivity index (χ4v) is 4.65. The summed E-state index contributed by atoms with van der Waals surface area (Å²) in [5, 5.41) is 22.8. The van der Waals surface area contributed by atoms with Gasteiger partial charge >= 0.3 is 0 Å². The minimum absolute atomic E-state index is 0.144. The van der Waals surface area contributed by atoms with E-state index in [0.29, 0.717) is 6.42 Å². The third kappa shape index (κ3) is 5.70. The average molecular weight is 446 g/mol. The number of aromatic nitrogens is 1. The van der Waals surface area contributed by atoms with Gasteiger partial charge < -0.3 is 20.4 Å². The molecule has 2 amide bonds. The van der Waals surface area contributed by atoms with Crippen molar-refractivity contribution >= 4 is 23.2 Å². The summed E-state index contributed by atoms with van der Waals surface area (Å²) in [7, 11) is 0. The molecule has 1 fully saturated rings. The lowest BCUT2D eigenvalue weighted by Gasteiger charge is -2.28. The molecule has 0 radical (unpaired) electrons. The molecule has 3 rings (SSSR count). The molecule has 1 aliphatic heterocycles. The molecule has 0 unspecified atom stereocenters. The fourth-order valence-electron chi connectivity index (χ4n) is 3.84. The highest BCUT2D eigenvalue weighted by atomic mass is 32.1. The van der Waals surface area contributed by atoms with E-state index in [4.69, 9.17) is 0 Å². The molecule has 2 aromatic rings. The summed E-state index contributed by atoms with van der Waals surface area (Å²) in [5.74, 6) is -0.505. The number of nitrogens with zero attached hydrogens (tertiary/aromatic N) is 2. The summed E-state index contributed by atoms with van der Waals surface area (Å²) in [6.45, 7) is 7.73. The number of benzene rings is 1. The SMILES string of the molecule is Cc1ncsc1-c1ccc([C@H](CO)NC(=O)[C@@H]2C[C@@H](O)CN2C(=O)CC(C)(C)C)cc1. The van der Waals surface area contributed by atoms with Crippen LogP contribution in [-0.2, 0) is 9.59 Å². The number of amides is 2. The molecule has 0 saturated carbocycles. The average Bonchev–Trinajstić information content (AvgIpc) is 3.30. The van der Waals surface area contributed by atoms with Gasteiger partial charge in [-0.15, -0.1) is 11.3 Å². The number of hydrogen-bond acceptors (Lipinski definition) is 6. The number of aryl methyl sites for hydroxylation is 1. The van der Waals surface area contributed by atoms with E-state index < -0.39 is 18.2 Å². The summed E-state index contributed by atoms with van der Waals surface area (Å²) in [6.07, 6.45) is -0.233. The van der Waals surface area contributed by atoms with Gasteiger partial charge in [0.1, 0.15) is 6.04 Å². The van der Waals surface area contributed by atoms with Gasteiger partial charge in [0.25, 0.3) is 0 Å². The molecule has 3 atom stereocenters. The molecule has 3 N–H and O–H groups in total. The topological polar surface area (TPSA) is 103 Å². The van der Waals surface area contributed by atoms with Crippen molar-refractivity contribution in [3.63, 3.8) is 0 Å². The molecule has 31 heavy (non-hydrogen) atoms. The van der Waals surface area contributed by atoms with Crippen LogP contribution in [-0.4, -0.2) is 57.2 Å². The lowest BCUT2D eigenvalue weighted by Crippen LogP contribution is -2.48. The van der Waals surface area contributed by atoms with Crippen molar-refractivity contribution < 1.29 is 19.8 Å². The summed E-state index contributed by atoms with van der Waals surface area (Å²) < 4.78 is 0. The van der Waals surface area contributed by atoms with Crippen LogP contribution in [0.1, 0.15) is 50.9 Å². The predicted molar refractivity (Wildman–Crippen MR) is 120 cm³/mol. The first kappa shape index (κ1) is 23.4. The molecule has 1 aromatic carbocycles. The number of rotatable bonds is 6. The maximum Gasteiger partial charge on any atom is 0.243 e. The van der Waals surface area contributed by atoms with Crippen molar-refractivity contribution in [3.05, 3.63) is 41.0 Å². The zero-order valence-electron chi connectivity index (χ0n) is 18.5. The lowest BCUT2D eigenvalue weighted by molar-refractivity contribution is -0.140. The van der Waals surface area contributed by atoms with Crippen molar-refractivity contribution in [2.75, 3.05) is 13.2 Å². The maximum absolute atomic E-state index is 13.0. The number of β-amino-alcohol motifs (C(OH)–C–C–N with tert-alkyl or cyclic N) is 1. The number of aliphatic hydroxyl groups excluding tert-OH is 2. The highest BCUT2D eigenvalue weighted by Gasteiger charge is 2.40. The van der Waals surface area contributed by atoms with Crippen molar-refractivity contribution in [2.45, 2.75) is 58.7 Å². The van der Waals surface area contributed by atoms with E-state index in [1.807, 2.05) is 52.0 Å². The van der Waals surface area contributed by atoms with Gasteiger partial charge in [0.2, 0.25) is 11.8 Å². The smallest absolute Gasteiger partial charge is 0.243 e. The van der Waals surface area contributed by atoms with Crippen LogP contribution in [0.5, 0.6) is 0 Å². The van der Waals surface area contributed by atoms with Gasteiger partial charge in [-0.2, -0.15) is 0 Å². The molecule has 168 valence electrons. The van der Waals surface area contributed by atoms with Crippen molar-refractivity contribution in [2.24, 2.45) is 5.41 Å². The molecule has 0 bridgehead atoms. The van der Waals surface area contributed by atoms with Gasteiger partial charge in [-0.25, -0.2) is 4.98 Å². The molecule has 1 saturated heterocycles. The number of aliphatic hydroxyl groups is 2. The first-order valence-corrected chi connectivity index (χ1v) is 11.4. The number of likely N-dealkylation sites (tertiary alicyclic amines) is 1. The molecular formula is C23H31N3O4S. The summed E-state index contributed by atoms with van der Waals surface area (Å²) >= 11 is 1.57. The van der Waals surface area contributed by atoms with Crippen LogP contribution in [0.25, 0.3) is 10.4 Å². The Morgan fingerprint density at radius 3 is 2.52 bits per heavy atom. The molecule has 0 spiro atoms. The van der Waals surface area contributed by atoms with Gasteiger partial charge in [-0.05, 0) is 23.5 Å². The lowest BCUT2D eigenvalue weighted by atomic mass is 9.91. The zero-order valence-corrected chi connectivity index (χ0v) is 19.3. The maximum atomic E-state index is 13.0. The Morgan fingerprint density at radius 1 is 1.29 bits per heavy atom. The second kappa shape index (κ2) is 9.46. The predicted octanol–water partition coefficient (Wildman–Crippen LogP) is 2.67. The first-order chi connectivity index (χ1) is 14.6. The molecule has 8 heteroatoms. The van der Waals surface area contributed by atoms with Gasteiger partial charge in [-0.1, -0.05) is 45.0 Å². The monoisotopic (exact) mass is 445 g/mol. The Balaban J connectivity index is 1.71. The normalized spacial score (nSPS) is 20.0. The van der Waals surface area contributed by atoms with E-state index in [1.54, 1.807) is 16.8 Å². The number of thiazole rings is 1. The standard InChI is InChI=1S/C23H31N3O4S/c1-14-21(31-13-24-14)16-7-5-15(6-8-16)18(12-27)25-22(30)19-9-17(28)11-26(19)20(29)10-23(2,3)4/h5-8,13,17-19,27-28H,9-12H2,1-4H3,(H,25,30)/t17-,18+,19+/m1/s1. The van der Waals surface area contributed by atoms with Gasteiger partial charge in [0.05, 0.1) is 34.8 Å².